The first-order chi connectivity index (χ1) is 9.58. The number of hydrogen-bond donors (Lipinski definition) is 1. The van der Waals surface area contributed by atoms with E-state index in [4.69, 9.17) is 5.73 Å². The van der Waals surface area contributed by atoms with E-state index in [0.717, 1.165) is 17.7 Å². The van der Waals surface area contributed by atoms with Crippen molar-refractivity contribution in [3.8, 4) is 0 Å². The number of anilines is 2. The minimum atomic E-state index is -0.365. The van der Waals surface area contributed by atoms with Crippen molar-refractivity contribution in [2.24, 2.45) is 0 Å². The molecule has 0 aliphatic carbocycles. The molecule has 3 rings (SSSR count). The van der Waals surface area contributed by atoms with E-state index in [1.54, 1.807) is 30.0 Å². The van der Waals surface area contributed by atoms with Crippen LogP contribution in [0.5, 0.6) is 0 Å². The number of fused-ring (bicyclic) bond motifs is 1. The molecule has 20 heavy (non-hydrogen) atoms. The zero-order valence-corrected chi connectivity index (χ0v) is 11.2. The maximum Gasteiger partial charge on any atom is 0.258 e. The van der Waals surface area contributed by atoms with E-state index in [1.165, 1.54) is 6.07 Å². The molecule has 0 unspecified atom stereocenters. The van der Waals surface area contributed by atoms with Crippen molar-refractivity contribution in [2.75, 3.05) is 17.2 Å². The molecule has 2 N–H and O–H groups in total. The number of halogens is 1. The van der Waals surface area contributed by atoms with E-state index < -0.39 is 0 Å². The van der Waals surface area contributed by atoms with Crippen molar-refractivity contribution in [1.29, 1.82) is 0 Å². The van der Waals surface area contributed by atoms with Gasteiger partial charge in [-0.2, -0.15) is 0 Å². The second-order valence-corrected chi connectivity index (χ2v) is 5.03. The normalized spacial score (nSPS) is 13.4. The summed E-state index contributed by atoms with van der Waals surface area (Å²) in [5, 5.41) is 0. The Morgan fingerprint density at radius 1 is 1.30 bits per heavy atom. The van der Waals surface area contributed by atoms with Crippen LogP contribution >= 0.6 is 0 Å². The molecule has 0 spiro atoms. The minimum absolute atomic E-state index is 0.208. The number of carbonyl (C=O) groups is 1. The van der Waals surface area contributed by atoms with Gasteiger partial charge >= 0.3 is 0 Å². The van der Waals surface area contributed by atoms with Gasteiger partial charge in [0.05, 0.1) is 11.4 Å². The van der Waals surface area contributed by atoms with E-state index in [-0.39, 0.29) is 11.7 Å². The van der Waals surface area contributed by atoms with Gasteiger partial charge in [-0.05, 0) is 42.7 Å². The van der Waals surface area contributed by atoms with Gasteiger partial charge in [-0.25, -0.2) is 4.39 Å². The third-order valence-electron chi connectivity index (χ3n) is 3.69. The number of aryl methyl sites for hydroxylation is 1. The van der Waals surface area contributed by atoms with Gasteiger partial charge in [0, 0.05) is 12.1 Å². The number of carbonyl (C=O) groups excluding carboxylic acids is 1. The average Bonchev–Trinajstić information content (AvgIpc) is 2.86. The third-order valence-corrected chi connectivity index (χ3v) is 3.69. The summed E-state index contributed by atoms with van der Waals surface area (Å²) in [6.45, 7) is 2.25. The van der Waals surface area contributed by atoms with Gasteiger partial charge in [-0.3, -0.25) is 4.79 Å². The molecular formula is C16H15FN2O. The number of nitrogen functional groups attached to an aromatic ring is 1. The molecule has 4 heteroatoms. The Balaban J connectivity index is 1.99. The summed E-state index contributed by atoms with van der Waals surface area (Å²) in [4.78, 5) is 14.2. The lowest BCUT2D eigenvalue weighted by Gasteiger charge is -2.19. The standard InChI is InChI=1S/C16H15FN2O/c1-10-5-6-12(9-13(10)17)16(20)19-8-7-11-3-2-4-14(18)15(11)19/h2-6,9H,7-8,18H2,1H3. The summed E-state index contributed by atoms with van der Waals surface area (Å²) >= 11 is 0. The zero-order chi connectivity index (χ0) is 14.3. The van der Waals surface area contributed by atoms with E-state index in [2.05, 4.69) is 0 Å². The molecule has 1 aliphatic heterocycles. The molecule has 3 nitrogen and oxygen atoms in total. The van der Waals surface area contributed by atoms with Crippen LogP contribution < -0.4 is 10.6 Å². The molecule has 1 aliphatic rings. The molecule has 0 radical (unpaired) electrons. The summed E-state index contributed by atoms with van der Waals surface area (Å²) < 4.78 is 13.6. The molecule has 1 heterocycles. The van der Waals surface area contributed by atoms with Crippen molar-refractivity contribution in [1.82, 2.24) is 0 Å². The van der Waals surface area contributed by atoms with E-state index in [0.29, 0.717) is 23.4 Å². The van der Waals surface area contributed by atoms with Gasteiger partial charge in [0.1, 0.15) is 5.82 Å². The molecule has 0 saturated heterocycles. The predicted molar refractivity (Wildman–Crippen MR) is 77.4 cm³/mol. The quantitative estimate of drug-likeness (QED) is 0.810. The number of hydrogen-bond acceptors (Lipinski definition) is 2. The molecule has 0 saturated carbocycles. The van der Waals surface area contributed by atoms with Crippen molar-refractivity contribution in [2.45, 2.75) is 13.3 Å². The summed E-state index contributed by atoms with van der Waals surface area (Å²) in [5.74, 6) is -0.572. The fraction of sp³-hybridized carbons (Fsp3) is 0.188. The Morgan fingerprint density at radius 3 is 2.85 bits per heavy atom. The van der Waals surface area contributed by atoms with Crippen molar-refractivity contribution in [3.05, 3.63) is 58.9 Å². The van der Waals surface area contributed by atoms with E-state index in [1.807, 2.05) is 12.1 Å². The maximum atomic E-state index is 13.6. The monoisotopic (exact) mass is 270 g/mol. The topological polar surface area (TPSA) is 46.3 Å². The molecule has 0 bridgehead atoms. The van der Waals surface area contributed by atoms with Gasteiger partial charge in [0.15, 0.2) is 0 Å². The molecule has 2 aromatic rings. The number of nitrogens with two attached hydrogens (primary N) is 1. The highest BCUT2D eigenvalue weighted by molar-refractivity contribution is 6.09. The number of benzene rings is 2. The molecule has 2 aromatic carbocycles. The molecule has 0 fully saturated rings. The van der Waals surface area contributed by atoms with Crippen molar-refractivity contribution < 1.29 is 9.18 Å². The molecule has 102 valence electrons. The SMILES string of the molecule is Cc1ccc(C(=O)N2CCc3cccc(N)c32)cc1F. The summed E-state index contributed by atoms with van der Waals surface area (Å²) in [6.07, 6.45) is 0.778. The molecule has 0 atom stereocenters. The predicted octanol–water partition coefficient (Wildman–Crippen LogP) is 2.92. The number of amides is 1. The van der Waals surface area contributed by atoms with Crippen LogP contribution in [0.25, 0.3) is 0 Å². The van der Waals surface area contributed by atoms with Gasteiger partial charge in [-0.1, -0.05) is 18.2 Å². The van der Waals surface area contributed by atoms with Crippen LogP contribution in [0.1, 0.15) is 21.5 Å². The lowest BCUT2D eigenvalue weighted by Crippen LogP contribution is -2.29. The fourth-order valence-electron chi connectivity index (χ4n) is 2.57. The summed E-state index contributed by atoms with van der Waals surface area (Å²) in [6, 6.07) is 10.2. The van der Waals surface area contributed by atoms with Gasteiger partial charge < -0.3 is 10.6 Å². The summed E-state index contributed by atoms with van der Waals surface area (Å²) in [5.41, 5.74) is 9.25. The Hall–Kier alpha value is -2.36. The average molecular weight is 270 g/mol. The van der Waals surface area contributed by atoms with E-state index in [9.17, 15) is 9.18 Å². The van der Waals surface area contributed by atoms with Crippen LogP contribution in [0.15, 0.2) is 36.4 Å². The van der Waals surface area contributed by atoms with Gasteiger partial charge in [-0.15, -0.1) is 0 Å². The second kappa shape index (κ2) is 4.63. The number of para-hydroxylation sites is 1. The highest BCUT2D eigenvalue weighted by atomic mass is 19.1. The second-order valence-electron chi connectivity index (χ2n) is 5.03. The van der Waals surface area contributed by atoms with E-state index >= 15 is 0 Å². The summed E-state index contributed by atoms with van der Waals surface area (Å²) in [7, 11) is 0. The van der Waals surface area contributed by atoms with Crippen LogP contribution in [-0.4, -0.2) is 12.5 Å². The smallest absolute Gasteiger partial charge is 0.258 e. The fourth-order valence-corrected chi connectivity index (χ4v) is 2.57. The van der Waals surface area contributed by atoms with Crippen molar-refractivity contribution >= 4 is 17.3 Å². The third kappa shape index (κ3) is 1.93. The van der Waals surface area contributed by atoms with Gasteiger partial charge in [0.2, 0.25) is 0 Å². The first-order valence-corrected chi connectivity index (χ1v) is 6.53. The Bertz CT molecular complexity index is 697. The highest BCUT2D eigenvalue weighted by Gasteiger charge is 2.27. The number of rotatable bonds is 1. The van der Waals surface area contributed by atoms with Crippen LogP contribution in [0.3, 0.4) is 0 Å². The Morgan fingerprint density at radius 2 is 2.10 bits per heavy atom. The highest BCUT2D eigenvalue weighted by Crippen LogP contribution is 2.34. The van der Waals surface area contributed by atoms with Crippen LogP contribution in [-0.2, 0) is 6.42 Å². The first kappa shape index (κ1) is 12.7. The van der Waals surface area contributed by atoms with Crippen LogP contribution in [0, 0.1) is 12.7 Å². The van der Waals surface area contributed by atoms with Gasteiger partial charge in [0.25, 0.3) is 5.91 Å². The minimum Gasteiger partial charge on any atom is -0.397 e. The Labute approximate surface area is 116 Å². The lowest BCUT2D eigenvalue weighted by molar-refractivity contribution is 0.0989. The zero-order valence-electron chi connectivity index (χ0n) is 11.2. The molecular weight excluding hydrogens is 255 g/mol. The van der Waals surface area contributed by atoms with Crippen LogP contribution in [0.2, 0.25) is 0 Å². The van der Waals surface area contributed by atoms with Crippen LogP contribution in [0.4, 0.5) is 15.8 Å². The van der Waals surface area contributed by atoms with Crippen molar-refractivity contribution in [3.63, 3.8) is 0 Å². The maximum absolute atomic E-state index is 13.6. The first-order valence-electron chi connectivity index (χ1n) is 6.53. The molecule has 1 amide bonds. The number of nitrogens with zero attached hydrogens (tertiary/aromatic N) is 1. The Kier molecular flexibility index (Phi) is 2.93. The largest absolute Gasteiger partial charge is 0.397 e. The lowest BCUT2D eigenvalue weighted by atomic mass is 10.1. The molecule has 0 aromatic heterocycles.